The summed E-state index contributed by atoms with van der Waals surface area (Å²) in [5.74, 6) is 1.30. The summed E-state index contributed by atoms with van der Waals surface area (Å²) < 4.78 is 35.1. The van der Waals surface area contributed by atoms with E-state index in [4.69, 9.17) is 18.6 Å². The lowest BCUT2D eigenvalue weighted by Crippen LogP contribution is -2.03. The van der Waals surface area contributed by atoms with Gasteiger partial charge in [0, 0.05) is 11.5 Å². The third kappa shape index (κ3) is 3.98. The van der Waals surface area contributed by atoms with Gasteiger partial charge in [0.1, 0.15) is 23.8 Å². The van der Waals surface area contributed by atoms with Crippen LogP contribution in [-0.2, 0) is 6.61 Å². The number of hydrogen-bond donors (Lipinski definition) is 0. The number of halogens is 1. The minimum atomic E-state index is -0.475. The predicted octanol–water partition coefficient (Wildman–Crippen LogP) is 5.20. The van der Waals surface area contributed by atoms with Gasteiger partial charge in [-0.15, -0.1) is 0 Å². The Kier molecular flexibility index (Phi) is 5.39. The highest BCUT2D eigenvalue weighted by Gasteiger charge is 2.12. The van der Waals surface area contributed by atoms with Gasteiger partial charge in [-0.1, -0.05) is 18.2 Å². The van der Waals surface area contributed by atoms with Crippen molar-refractivity contribution in [3.8, 4) is 28.4 Å². The molecule has 0 aliphatic heterocycles. The summed E-state index contributed by atoms with van der Waals surface area (Å²) in [4.78, 5) is 12.6. The third-order valence-electron chi connectivity index (χ3n) is 4.70. The van der Waals surface area contributed by atoms with Crippen molar-refractivity contribution in [2.75, 3.05) is 14.2 Å². The maximum atomic E-state index is 13.3. The molecule has 152 valence electrons. The Morgan fingerprint density at radius 3 is 2.50 bits per heavy atom. The summed E-state index contributed by atoms with van der Waals surface area (Å²) in [6.07, 6.45) is 0. The fourth-order valence-corrected chi connectivity index (χ4v) is 3.18. The number of methoxy groups -OCH3 is 2. The van der Waals surface area contributed by atoms with Crippen molar-refractivity contribution >= 4 is 11.0 Å². The summed E-state index contributed by atoms with van der Waals surface area (Å²) in [6, 6.07) is 18.4. The molecule has 5 nitrogen and oxygen atoms in total. The van der Waals surface area contributed by atoms with Gasteiger partial charge in [0.05, 0.1) is 19.8 Å². The van der Waals surface area contributed by atoms with Gasteiger partial charge in [-0.2, -0.15) is 0 Å². The Morgan fingerprint density at radius 1 is 0.900 bits per heavy atom. The lowest BCUT2D eigenvalue weighted by Gasteiger charge is -2.10. The number of ether oxygens (including phenoxy) is 3. The van der Waals surface area contributed by atoms with E-state index < -0.39 is 5.63 Å². The standard InChI is InChI=1S/C24H19FO5/c1-27-21-9-7-16(12-23(21)28-2)20-11-17-6-8-19(13-22(17)30-24(20)26)29-14-15-4-3-5-18(25)10-15/h3-13H,14H2,1-2H3. The van der Waals surface area contributed by atoms with Crippen molar-refractivity contribution in [1.29, 1.82) is 0 Å². The highest BCUT2D eigenvalue weighted by Crippen LogP contribution is 2.32. The van der Waals surface area contributed by atoms with Crippen molar-refractivity contribution < 1.29 is 23.0 Å². The molecule has 0 aliphatic carbocycles. The zero-order chi connectivity index (χ0) is 21.1. The van der Waals surface area contributed by atoms with Gasteiger partial charge in [-0.25, -0.2) is 9.18 Å². The molecule has 0 aliphatic rings. The molecule has 0 amide bonds. The van der Waals surface area contributed by atoms with Crippen molar-refractivity contribution in [1.82, 2.24) is 0 Å². The maximum absolute atomic E-state index is 13.3. The van der Waals surface area contributed by atoms with E-state index in [9.17, 15) is 9.18 Å². The number of benzene rings is 3. The molecule has 0 fully saturated rings. The van der Waals surface area contributed by atoms with E-state index in [1.807, 2.05) is 6.07 Å². The molecule has 0 N–H and O–H groups in total. The minimum absolute atomic E-state index is 0.206. The van der Waals surface area contributed by atoms with Gasteiger partial charge in [-0.3, -0.25) is 0 Å². The van der Waals surface area contributed by atoms with Crippen LogP contribution >= 0.6 is 0 Å². The summed E-state index contributed by atoms with van der Waals surface area (Å²) in [5.41, 5.74) is 1.71. The molecule has 0 atom stereocenters. The fourth-order valence-electron chi connectivity index (χ4n) is 3.18. The molecule has 0 bridgehead atoms. The molecule has 6 heteroatoms. The predicted molar refractivity (Wildman–Crippen MR) is 112 cm³/mol. The van der Waals surface area contributed by atoms with Gasteiger partial charge in [0.25, 0.3) is 0 Å². The Morgan fingerprint density at radius 2 is 1.73 bits per heavy atom. The lowest BCUT2D eigenvalue weighted by atomic mass is 10.1. The first-order valence-electron chi connectivity index (χ1n) is 9.25. The Bertz CT molecular complexity index is 1260. The van der Waals surface area contributed by atoms with Crippen LogP contribution in [-0.4, -0.2) is 14.2 Å². The zero-order valence-corrected chi connectivity index (χ0v) is 16.5. The van der Waals surface area contributed by atoms with Crippen LogP contribution in [0, 0.1) is 5.82 Å². The van der Waals surface area contributed by atoms with E-state index in [2.05, 4.69) is 0 Å². The molecule has 30 heavy (non-hydrogen) atoms. The lowest BCUT2D eigenvalue weighted by molar-refractivity contribution is 0.305. The highest BCUT2D eigenvalue weighted by atomic mass is 19.1. The van der Waals surface area contributed by atoms with Crippen LogP contribution in [0.25, 0.3) is 22.1 Å². The second-order valence-electron chi connectivity index (χ2n) is 6.64. The SMILES string of the molecule is COc1ccc(-c2cc3ccc(OCc4cccc(F)c4)cc3oc2=O)cc1OC. The molecule has 0 saturated carbocycles. The molecule has 4 rings (SSSR count). The quantitative estimate of drug-likeness (QED) is 0.412. The molecule has 0 spiro atoms. The highest BCUT2D eigenvalue weighted by molar-refractivity contribution is 5.83. The smallest absolute Gasteiger partial charge is 0.344 e. The Hall–Kier alpha value is -3.80. The molecule has 1 aromatic heterocycles. The number of rotatable bonds is 6. The molecule has 1 heterocycles. The van der Waals surface area contributed by atoms with Gasteiger partial charge < -0.3 is 18.6 Å². The van der Waals surface area contributed by atoms with E-state index in [1.165, 1.54) is 19.2 Å². The average Bonchev–Trinajstić information content (AvgIpc) is 2.76. The van der Waals surface area contributed by atoms with Crippen LogP contribution < -0.4 is 19.8 Å². The van der Waals surface area contributed by atoms with Crippen molar-refractivity contribution in [3.63, 3.8) is 0 Å². The fraction of sp³-hybridized carbons (Fsp3) is 0.125. The van der Waals surface area contributed by atoms with Crippen LogP contribution in [0.5, 0.6) is 17.2 Å². The molecular formula is C24H19FO5. The van der Waals surface area contributed by atoms with Gasteiger partial charge in [0.2, 0.25) is 0 Å². The third-order valence-corrected chi connectivity index (χ3v) is 4.70. The summed E-state index contributed by atoms with van der Waals surface area (Å²) in [6.45, 7) is 0.206. The Labute approximate surface area is 172 Å². The van der Waals surface area contributed by atoms with Crippen molar-refractivity contribution in [2.45, 2.75) is 6.61 Å². The first-order chi connectivity index (χ1) is 14.6. The van der Waals surface area contributed by atoms with Crippen LogP contribution in [0.3, 0.4) is 0 Å². The van der Waals surface area contributed by atoms with Gasteiger partial charge >= 0.3 is 5.63 Å². The maximum Gasteiger partial charge on any atom is 0.344 e. The van der Waals surface area contributed by atoms with E-state index >= 15 is 0 Å². The normalized spacial score (nSPS) is 10.8. The molecule has 0 radical (unpaired) electrons. The zero-order valence-electron chi connectivity index (χ0n) is 16.5. The van der Waals surface area contributed by atoms with E-state index in [0.29, 0.717) is 39.5 Å². The van der Waals surface area contributed by atoms with Crippen molar-refractivity contribution in [3.05, 3.63) is 88.5 Å². The molecule has 0 saturated heterocycles. The van der Waals surface area contributed by atoms with Crippen molar-refractivity contribution in [2.24, 2.45) is 0 Å². The second-order valence-corrected chi connectivity index (χ2v) is 6.64. The minimum Gasteiger partial charge on any atom is -0.493 e. The first-order valence-corrected chi connectivity index (χ1v) is 9.25. The second kappa shape index (κ2) is 8.29. The first kappa shape index (κ1) is 19.5. The molecule has 3 aromatic carbocycles. The van der Waals surface area contributed by atoms with Crippen LogP contribution in [0.2, 0.25) is 0 Å². The molecule has 0 unspecified atom stereocenters. The van der Waals surface area contributed by atoms with Crippen LogP contribution in [0.15, 0.2) is 75.9 Å². The summed E-state index contributed by atoms with van der Waals surface area (Å²) >= 11 is 0. The van der Waals surface area contributed by atoms with E-state index in [-0.39, 0.29) is 12.4 Å². The van der Waals surface area contributed by atoms with Gasteiger partial charge in [0.15, 0.2) is 11.5 Å². The molecular weight excluding hydrogens is 387 g/mol. The Balaban J connectivity index is 1.63. The van der Waals surface area contributed by atoms with E-state index in [0.717, 1.165) is 5.39 Å². The monoisotopic (exact) mass is 406 g/mol. The number of fused-ring (bicyclic) bond motifs is 1. The van der Waals surface area contributed by atoms with Crippen LogP contribution in [0.4, 0.5) is 4.39 Å². The molecule has 4 aromatic rings. The summed E-state index contributed by atoms with van der Waals surface area (Å²) in [5, 5.41) is 0.748. The summed E-state index contributed by atoms with van der Waals surface area (Å²) in [7, 11) is 3.09. The van der Waals surface area contributed by atoms with Gasteiger partial charge in [-0.05, 0) is 53.6 Å². The topological polar surface area (TPSA) is 57.9 Å². The largest absolute Gasteiger partial charge is 0.493 e. The van der Waals surface area contributed by atoms with Crippen LogP contribution in [0.1, 0.15) is 5.56 Å². The average molecular weight is 406 g/mol. The number of hydrogen-bond acceptors (Lipinski definition) is 5. The van der Waals surface area contributed by atoms with E-state index in [1.54, 1.807) is 55.6 Å².